The molecule has 5 rings (SSSR count). The van der Waals surface area contributed by atoms with E-state index in [1.807, 2.05) is 18.2 Å². The Kier molecular flexibility index (Phi) is 5.68. The number of amides is 2. The number of carbonyl (C=O) groups excluding carboxylic acids is 2. The summed E-state index contributed by atoms with van der Waals surface area (Å²) in [7, 11) is 0. The summed E-state index contributed by atoms with van der Waals surface area (Å²) >= 11 is 0. The lowest BCUT2D eigenvalue weighted by molar-refractivity contribution is -0.166. The topological polar surface area (TPSA) is 73.7 Å². The van der Waals surface area contributed by atoms with Gasteiger partial charge in [0.25, 0.3) is 0 Å². The Balaban J connectivity index is 1.34. The number of fused-ring (bicyclic) bond motifs is 1. The van der Waals surface area contributed by atoms with Crippen molar-refractivity contribution in [2.24, 2.45) is 0 Å². The lowest BCUT2D eigenvalue weighted by atomic mass is 9.73. The van der Waals surface area contributed by atoms with Gasteiger partial charge in [-0.25, -0.2) is 0 Å². The van der Waals surface area contributed by atoms with Gasteiger partial charge in [-0.3, -0.25) is 14.6 Å². The van der Waals surface area contributed by atoms with Crippen LogP contribution >= 0.6 is 0 Å². The third-order valence-electron chi connectivity index (χ3n) is 6.84. The highest BCUT2D eigenvalue weighted by molar-refractivity contribution is 5.88. The molecule has 6 heteroatoms. The molecule has 0 unspecified atom stereocenters. The lowest BCUT2D eigenvalue weighted by Gasteiger charge is -2.58. The maximum Gasteiger partial charge on any atom is 0.242 e. The molecule has 2 saturated heterocycles. The predicted octanol–water partition coefficient (Wildman–Crippen LogP) is 2.80. The molecule has 6 nitrogen and oxygen atoms in total. The number of carbonyl (C=O) groups is 2. The second kappa shape index (κ2) is 8.79. The molecule has 2 fully saturated rings. The number of hydrogen-bond acceptors (Lipinski definition) is 4. The first-order valence-electron chi connectivity index (χ1n) is 11.3. The molecule has 2 aliphatic rings. The van der Waals surface area contributed by atoms with Gasteiger partial charge >= 0.3 is 0 Å². The highest BCUT2D eigenvalue weighted by Crippen LogP contribution is 2.43. The van der Waals surface area contributed by atoms with Gasteiger partial charge in [0.1, 0.15) is 0 Å². The molecule has 1 aromatic heterocycles. The standard InChI is InChI=1S/C27H27N3O3/c1-18-5-7-19(8-6-18)20-9-11-21(12-10-20)27-23-15-29(16-26(33)30(23)24(27)17-31)25(32)14-22-4-2-3-13-28-22/h2-13,23-24,27,31H,14-17H2,1H3/t23-,24+,27-/m0/s1. The lowest BCUT2D eigenvalue weighted by Crippen LogP contribution is -2.73. The molecule has 2 aromatic carbocycles. The van der Waals surface area contributed by atoms with Crippen LogP contribution in [0.25, 0.3) is 11.1 Å². The van der Waals surface area contributed by atoms with Crippen LogP contribution in [0.2, 0.25) is 0 Å². The van der Waals surface area contributed by atoms with E-state index in [0.29, 0.717) is 12.2 Å². The molecule has 168 valence electrons. The minimum absolute atomic E-state index is 0.00327. The average molecular weight is 442 g/mol. The van der Waals surface area contributed by atoms with Crippen LogP contribution in [0.1, 0.15) is 22.7 Å². The van der Waals surface area contributed by atoms with Gasteiger partial charge in [-0.05, 0) is 35.7 Å². The van der Waals surface area contributed by atoms with E-state index >= 15 is 0 Å². The van der Waals surface area contributed by atoms with Gasteiger partial charge in [-0.2, -0.15) is 0 Å². The third-order valence-corrected chi connectivity index (χ3v) is 6.84. The fourth-order valence-electron chi connectivity index (χ4n) is 5.10. The first kappa shape index (κ1) is 21.3. The summed E-state index contributed by atoms with van der Waals surface area (Å²) in [6, 6.07) is 21.9. The van der Waals surface area contributed by atoms with Crippen LogP contribution in [0.4, 0.5) is 0 Å². The van der Waals surface area contributed by atoms with Crippen LogP contribution in [0.5, 0.6) is 0 Å². The molecule has 0 radical (unpaired) electrons. The Bertz CT molecular complexity index is 1150. The van der Waals surface area contributed by atoms with Crippen LogP contribution in [0.3, 0.4) is 0 Å². The summed E-state index contributed by atoms with van der Waals surface area (Å²) in [6.45, 7) is 2.50. The summed E-state index contributed by atoms with van der Waals surface area (Å²) in [5.74, 6) is -0.203. The number of hydrogen-bond donors (Lipinski definition) is 1. The van der Waals surface area contributed by atoms with Crippen molar-refractivity contribution >= 4 is 11.8 Å². The number of nitrogens with zero attached hydrogens (tertiary/aromatic N) is 3. The molecule has 0 bridgehead atoms. The van der Waals surface area contributed by atoms with Crippen molar-refractivity contribution in [2.45, 2.75) is 31.3 Å². The fourth-order valence-corrected chi connectivity index (χ4v) is 5.10. The summed E-state index contributed by atoms with van der Waals surface area (Å²) in [5.41, 5.74) is 5.28. The molecular weight excluding hydrogens is 414 g/mol. The van der Waals surface area contributed by atoms with E-state index in [1.165, 1.54) is 5.56 Å². The first-order chi connectivity index (χ1) is 16.0. The predicted molar refractivity (Wildman–Crippen MR) is 125 cm³/mol. The van der Waals surface area contributed by atoms with Gasteiger partial charge in [0, 0.05) is 24.4 Å². The first-order valence-corrected chi connectivity index (χ1v) is 11.3. The molecule has 2 aliphatic heterocycles. The quantitative estimate of drug-likeness (QED) is 0.661. The van der Waals surface area contributed by atoms with Crippen LogP contribution in [0.15, 0.2) is 72.9 Å². The van der Waals surface area contributed by atoms with Crippen LogP contribution < -0.4 is 0 Å². The zero-order valence-electron chi connectivity index (χ0n) is 18.6. The van der Waals surface area contributed by atoms with Crippen molar-refractivity contribution < 1.29 is 14.7 Å². The van der Waals surface area contributed by atoms with Crippen molar-refractivity contribution in [3.05, 3.63) is 89.7 Å². The molecule has 2 amide bonds. The number of aliphatic hydroxyl groups is 1. The van der Waals surface area contributed by atoms with Crippen molar-refractivity contribution in [3.8, 4) is 11.1 Å². The largest absolute Gasteiger partial charge is 0.394 e. The van der Waals surface area contributed by atoms with Gasteiger partial charge in [0.2, 0.25) is 11.8 Å². The molecule has 3 heterocycles. The monoisotopic (exact) mass is 441 g/mol. The Morgan fingerprint density at radius 3 is 2.36 bits per heavy atom. The second-order valence-corrected chi connectivity index (χ2v) is 8.90. The van der Waals surface area contributed by atoms with Crippen molar-refractivity contribution in [1.29, 1.82) is 0 Å². The van der Waals surface area contributed by atoms with Crippen LogP contribution in [-0.2, 0) is 16.0 Å². The van der Waals surface area contributed by atoms with Gasteiger partial charge < -0.3 is 14.9 Å². The Morgan fingerprint density at radius 1 is 1.03 bits per heavy atom. The summed E-state index contributed by atoms with van der Waals surface area (Å²) in [5, 5.41) is 10.0. The second-order valence-electron chi connectivity index (χ2n) is 8.90. The van der Waals surface area contributed by atoms with Crippen LogP contribution in [0, 0.1) is 6.92 Å². The van der Waals surface area contributed by atoms with Crippen molar-refractivity contribution in [3.63, 3.8) is 0 Å². The number of pyridine rings is 1. The van der Waals surface area contributed by atoms with E-state index in [9.17, 15) is 14.7 Å². The minimum atomic E-state index is -0.249. The van der Waals surface area contributed by atoms with Crippen LogP contribution in [-0.4, -0.2) is 63.5 Å². The zero-order chi connectivity index (χ0) is 22.9. The van der Waals surface area contributed by atoms with Gasteiger partial charge in [0.15, 0.2) is 0 Å². The van der Waals surface area contributed by atoms with Crippen molar-refractivity contribution in [1.82, 2.24) is 14.8 Å². The SMILES string of the molecule is Cc1ccc(-c2ccc([C@@H]3[C@@H](CO)N4C(=O)CN(C(=O)Cc5ccccn5)C[C@@H]34)cc2)cc1. The smallest absolute Gasteiger partial charge is 0.242 e. The average Bonchev–Trinajstić information content (AvgIpc) is 2.82. The molecular formula is C27H27N3O3. The molecule has 3 atom stereocenters. The summed E-state index contributed by atoms with van der Waals surface area (Å²) in [4.78, 5) is 33.4. The Labute approximate surface area is 193 Å². The molecule has 1 N–H and O–H groups in total. The number of aliphatic hydroxyl groups excluding tert-OH is 1. The molecule has 3 aromatic rings. The number of rotatable bonds is 5. The number of aryl methyl sites for hydroxylation is 1. The van der Waals surface area contributed by atoms with E-state index in [4.69, 9.17) is 0 Å². The Morgan fingerprint density at radius 2 is 1.73 bits per heavy atom. The van der Waals surface area contributed by atoms with E-state index in [2.05, 4.69) is 60.4 Å². The maximum atomic E-state index is 12.9. The minimum Gasteiger partial charge on any atom is -0.394 e. The number of piperazine rings is 1. The normalized spacial score (nSPS) is 22.0. The number of aromatic nitrogens is 1. The van der Waals surface area contributed by atoms with E-state index in [-0.39, 0.29) is 49.4 Å². The fraction of sp³-hybridized carbons (Fsp3) is 0.296. The van der Waals surface area contributed by atoms with Gasteiger partial charge in [-0.15, -0.1) is 0 Å². The molecule has 0 saturated carbocycles. The summed E-state index contributed by atoms with van der Waals surface area (Å²) < 4.78 is 0. The number of benzene rings is 2. The molecule has 0 spiro atoms. The highest BCUT2D eigenvalue weighted by atomic mass is 16.3. The van der Waals surface area contributed by atoms with Gasteiger partial charge in [0.05, 0.1) is 31.7 Å². The van der Waals surface area contributed by atoms with E-state index in [0.717, 1.165) is 16.7 Å². The summed E-state index contributed by atoms with van der Waals surface area (Å²) in [6.07, 6.45) is 1.85. The molecule has 0 aliphatic carbocycles. The van der Waals surface area contributed by atoms with E-state index < -0.39 is 0 Å². The zero-order valence-corrected chi connectivity index (χ0v) is 18.6. The third kappa shape index (κ3) is 4.02. The highest BCUT2D eigenvalue weighted by Gasteiger charge is 2.54. The van der Waals surface area contributed by atoms with Gasteiger partial charge in [-0.1, -0.05) is 60.2 Å². The Hall–Kier alpha value is -3.51. The van der Waals surface area contributed by atoms with E-state index in [1.54, 1.807) is 16.0 Å². The maximum absolute atomic E-state index is 12.9. The molecule has 33 heavy (non-hydrogen) atoms. The van der Waals surface area contributed by atoms with Crippen molar-refractivity contribution in [2.75, 3.05) is 19.7 Å².